The summed E-state index contributed by atoms with van der Waals surface area (Å²) in [4.78, 5) is 16.9. The Hall–Kier alpha value is -2.82. The smallest absolute Gasteiger partial charge is 0.328 e. The molecule has 1 N–H and O–H groups in total. The first-order valence-corrected chi connectivity index (χ1v) is 6.36. The zero-order chi connectivity index (χ0) is 15.2. The lowest BCUT2D eigenvalue weighted by molar-refractivity contribution is -0.131. The molecule has 108 valence electrons. The molecule has 0 aliphatic rings. The molecule has 1 aromatic heterocycles. The molecule has 0 amide bonds. The molecule has 0 saturated carbocycles. The molecule has 0 saturated heterocycles. The van der Waals surface area contributed by atoms with Gasteiger partial charge in [-0.15, -0.1) is 0 Å². The van der Waals surface area contributed by atoms with Gasteiger partial charge >= 0.3 is 5.97 Å². The quantitative estimate of drug-likeness (QED) is 0.855. The highest BCUT2D eigenvalue weighted by atomic mass is 16.5. The average molecular weight is 284 g/mol. The molecule has 0 bridgehead atoms. The number of carbonyl (C=O) groups is 1. The van der Waals surface area contributed by atoms with Crippen molar-refractivity contribution in [1.82, 2.24) is 4.98 Å². The highest BCUT2D eigenvalue weighted by molar-refractivity contribution is 5.87. The monoisotopic (exact) mass is 284 g/mol. The Labute approximate surface area is 123 Å². The van der Waals surface area contributed by atoms with E-state index in [1.807, 2.05) is 42.3 Å². The van der Waals surface area contributed by atoms with E-state index in [4.69, 9.17) is 9.84 Å². The normalized spacial score (nSPS) is 10.6. The third kappa shape index (κ3) is 3.39. The van der Waals surface area contributed by atoms with Gasteiger partial charge in [-0.3, -0.25) is 0 Å². The number of nitrogens with zero attached hydrogens (tertiary/aromatic N) is 2. The van der Waals surface area contributed by atoms with Gasteiger partial charge in [-0.05, 0) is 30.3 Å². The molecular formula is C16H16N2O3. The van der Waals surface area contributed by atoms with Crippen LogP contribution in [-0.2, 0) is 4.79 Å². The third-order valence-corrected chi connectivity index (χ3v) is 2.99. The van der Waals surface area contributed by atoms with E-state index in [0.29, 0.717) is 11.4 Å². The molecule has 1 heterocycles. The molecule has 0 spiro atoms. The van der Waals surface area contributed by atoms with E-state index in [-0.39, 0.29) is 0 Å². The third-order valence-electron chi connectivity index (χ3n) is 2.99. The number of hydrogen-bond donors (Lipinski definition) is 1. The molecule has 2 aromatic rings. The largest absolute Gasteiger partial charge is 0.495 e. The lowest BCUT2D eigenvalue weighted by Gasteiger charge is -2.22. The zero-order valence-electron chi connectivity index (χ0n) is 11.9. The van der Waals surface area contributed by atoms with Crippen LogP contribution in [-0.4, -0.2) is 30.2 Å². The Balaban J connectivity index is 2.44. The number of carboxylic acid groups (broad SMARTS) is 1. The predicted molar refractivity (Wildman–Crippen MR) is 82.0 cm³/mol. The second-order valence-corrected chi connectivity index (χ2v) is 4.32. The minimum Gasteiger partial charge on any atom is -0.495 e. The molecule has 0 aliphatic carbocycles. The van der Waals surface area contributed by atoms with Crippen molar-refractivity contribution in [2.24, 2.45) is 0 Å². The lowest BCUT2D eigenvalue weighted by Crippen LogP contribution is -2.13. The zero-order valence-corrected chi connectivity index (χ0v) is 11.9. The van der Waals surface area contributed by atoms with E-state index in [2.05, 4.69) is 4.98 Å². The van der Waals surface area contributed by atoms with Gasteiger partial charge in [-0.25, -0.2) is 9.78 Å². The summed E-state index contributed by atoms with van der Waals surface area (Å²) in [6.45, 7) is 0. The van der Waals surface area contributed by atoms with Crippen LogP contribution in [0, 0.1) is 0 Å². The first-order chi connectivity index (χ1) is 10.1. The number of benzene rings is 1. The van der Waals surface area contributed by atoms with Gasteiger partial charge in [0.2, 0.25) is 0 Å². The van der Waals surface area contributed by atoms with Crippen molar-refractivity contribution >= 4 is 23.6 Å². The van der Waals surface area contributed by atoms with Crippen LogP contribution in [0.5, 0.6) is 5.75 Å². The van der Waals surface area contributed by atoms with E-state index >= 15 is 0 Å². The Morgan fingerprint density at radius 1 is 1.29 bits per heavy atom. The van der Waals surface area contributed by atoms with Crippen LogP contribution in [0.25, 0.3) is 6.08 Å². The predicted octanol–water partition coefficient (Wildman–Crippen LogP) is 2.96. The second-order valence-electron chi connectivity index (χ2n) is 4.32. The second kappa shape index (κ2) is 6.56. The summed E-state index contributed by atoms with van der Waals surface area (Å²) in [7, 11) is 3.47. The Morgan fingerprint density at radius 3 is 2.76 bits per heavy atom. The molecule has 2 rings (SSSR count). The van der Waals surface area contributed by atoms with Gasteiger partial charge in [0.05, 0.1) is 12.8 Å². The van der Waals surface area contributed by atoms with Gasteiger partial charge in [-0.1, -0.05) is 12.1 Å². The fraction of sp³-hybridized carbons (Fsp3) is 0.125. The van der Waals surface area contributed by atoms with E-state index in [1.54, 1.807) is 19.4 Å². The van der Waals surface area contributed by atoms with Gasteiger partial charge in [0.15, 0.2) is 0 Å². The molecule has 5 nitrogen and oxygen atoms in total. The first-order valence-electron chi connectivity index (χ1n) is 6.36. The van der Waals surface area contributed by atoms with E-state index < -0.39 is 5.97 Å². The fourth-order valence-electron chi connectivity index (χ4n) is 2.00. The maximum atomic E-state index is 10.7. The number of aliphatic carboxylic acids is 1. The summed E-state index contributed by atoms with van der Waals surface area (Å²) in [6.07, 6.45) is 4.28. The summed E-state index contributed by atoms with van der Waals surface area (Å²) in [5, 5.41) is 8.76. The number of methoxy groups -OCH3 is 1. The number of ether oxygens (including phenoxy) is 1. The Morgan fingerprint density at radius 2 is 2.05 bits per heavy atom. The molecule has 21 heavy (non-hydrogen) atoms. The SMILES string of the molecule is COc1ccccc1N(C)c1ncccc1/C=C/C(=O)O. The van der Waals surface area contributed by atoms with Gasteiger partial charge in [0, 0.05) is 24.9 Å². The van der Waals surface area contributed by atoms with Crippen molar-refractivity contribution in [3.63, 3.8) is 0 Å². The molecule has 0 unspecified atom stereocenters. The summed E-state index contributed by atoms with van der Waals surface area (Å²) in [5.74, 6) is 0.378. The molecule has 0 fully saturated rings. The standard InChI is InChI=1S/C16H16N2O3/c1-18(13-7-3-4-8-14(13)21-2)16-12(6-5-11-17-16)9-10-15(19)20/h3-11H,1-2H3,(H,19,20)/b10-9+. The summed E-state index contributed by atoms with van der Waals surface area (Å²) >= 11 is 0. The molecule has 0 atom stereocenters. The number of rotatable bonds is 5. The van der Waals surface area contributed by atoms with E-state index in [0.717, 1.165) is 17.5 Å². The van der Waals surface area contributed by atoms with Crippen LogP contribution in [0.3, 0.4) is 0 Å². The molecule has 0 radical (unpaired) electrons. The van der Waals surface area contributed by atoms with Crippen LogP contribution in [0.2, 0.25) is 0 Å². The van der Waals surface area contributed by atoms with Crippen molar-refractivity contribution < 1.29 is 14.6 Å². The van der Waals surface area contributed by atoms with E-state index in [1.165, 1.54) is 6.08 Å². The van der Waals surface area contributed by atoms with Crippen molar-refractivity contribution in [3.8, 4) is 5.75 Å². The number of carboxylic acids is 1. The minimum atomic E-state index is -0.996. The lowest BCUT2D eigenvalue weighted by atomic mass is 10.2. The van der Waals surface area contributed by atoms with Crippen LogP contribution < -0.4 is 9.64 Å². The van der Waals surface area contributed by atoms with Gasteiger partial charge in [-0.2, -0.15) is 0 Å². The average Bonchev–Trinajstić information content (AvgIpc) is 2.52. The van der Waals surface area contributed by atoms with Crippen LogP contribution in [0.1, 0.15) is 5.56 Å². The van der Waals surface area contributed by atoms with Crippen LogP contribution in [0.15, 0.2) is 48.7 Å². The summed E-state index contributed by atoms with van der Waals surface area (Å²) in [6, 6.07) is 11.2. The Bertz CT molecular complexity index is 668. The van der Waals surface area contributed by atoms with Crippen LogP contribution >= 0.6 is 0 Å². The minimum absolute atomic E-state index is 0.652. The van der Waals surface area contributed by atoms with Gasteiger partial charge < -0.3 is 14.7 Å². The van der Waals surface area contributed by atoms with Gasteiger partial charge in [0.25, 0.3) is 0 Å². The highest BCUT2D eigenvalue weighted by Crippen LogP contribution is 2.32. The van der Waals surface area contributed by atoms with Crippen molar-refractivity contribution in [3.05, 3.63) is 54.2 Å². The maximum Gasteiger partial charge on any atom is 0.328 e. The first kappa shape index (κ1) is 14.6. The summed E-state index contributed by atoms with van der Waals surface area (Å²) in [5.41, 5.74) is 1.57. The van der Waals surface area contributed by atoms with Crippen LogP contribution in [0.4, 0.5) is 11.5 Å². The number of anilines is 2. The number of hydrogen-bond acceptors (Lipinski definition) is 4. The van der Waals surface area contributed by atoms with E-state index in [9.17, 15) is 4.79 Å². The maximum absolute atomic E-state index is 10.7. The molecule has 5 heteroatoms. The topological polar surface area (TPSA) is 62.7 Å². The number of para-hydroxylation sites is 2. The van der Waals surface area contributed by atoms with Gasteiger partial charge in [0.1, 0.15) is 11.6 Å². The molecule has 1 aromatic carbocycles. The molecule has 0 aliphatic heterocycles. The summed E-state index contributed by atoms with van der Waals surface area (Å²) < 4.78 is 5.34. The highest BCUT2D eigenvalue weighted by Gasteiger charge is 2.13. The van der Waals surface area contributed by atoms with Crippen molar-refractivity contribution in [2.75, 3.05) is 19.1 Å². The Kier molecular flexibility index (Phi) is 4.56. The number of aromatic nitrogens is 1. The van der Waals surface area contributed by atoms with Crippen molar-refractivity contribution in [1.29, 1.82) is 0 Å². The fourth-order valence-corrected chi connectivity index (χ4v) is 2.00. The molecular weight excluding hydrogens is 268 g/mol. The van der Waals surface area contributed by atoms with Crippen molar-refractivity contribution in [2.45, 2.75) is 0 Å². The number of pyridine rings is 1.